The molecule has 0 bridgehead atoms. The van der Waals surface area contributed by atoms with Crippen LogP contribution < -0.4 is 20.5 Å². The number of nitrogens with one attached hydrogen (secondary N) is 1. The Morgan fingerprint density at radius 3 is 2.48 bits per heavy atom. The van der Waals surface area contributed by atoms with Crippen molar-refractivity contribution in [3.63, 3.8) is 0 Å². The van der Waals surface area contributed by atoms with E-state index in [-0.39, 0.29) is 6.04 Å². The number of benzene rings is 1. The fraction of sp³-hybridized carbons (Fsp3) is 0.389. The zero-order valence-electron chi connectivity index (χ0n) is 16.2. The van der Waals surface area contributed by atoms with Crippen LogP contribution in [0.4, 0.5) is 11.8 Å². The maximum Gasteiger partial charge on any atom is 0.225 e. The van der Waals surface area contributed by atoms with Crippen LogP contribution in [0.3, 0.4) is 0 Å². The van der Waals surface area contributed by atoms with Gasteiger partial charge in [-0.1, -0.05) is 0 Å². The van der Waals surface area contributed by atoms with E-state index in [0.29, 0.717) is 35.3 Å². The third kappa shape index (κ3) is 3.87. The van der Waals surface area contributed by atoms with E-state index in [9.17, 15) is 0 Å². The number of fused-ring (bicyclic) bond motifs is 1. The number of aryl methyl sites for hydroxylation is 1. The Morgan fingerprint density at radius 1 is 1.19 bits per heavy atom. The third-order valence-electron chi connectivity index (χ3n) is 4.42. The van der Waals surface area contributed by atoms with Crippen molar-refractivity contribution in [1.29, 1.82) is 0 Å². The van der Waals surface area contributed by atoms with Gasteiger partial charge in [0.2, 0.25) is 5.95 Å². The summed E-state index contributed by atoms with van der Waals surface area (Å²) in [5, 5.41) is 8.25. The predicted octanol–water partition coefficient (Wildman–Crippen LogP) is 1.68. The summed E-state index contributed by atoms with van der Waals surface area (Å²) in [6.07, 6.45) is 3.86. The molecule has 0 radical (unpaired) electrons. The highest BCUT2D eigenvalue weighted by Crippen LogP contribution is 2.33. The molecule has 1 atom stereocenters. The van der Waals surface area contributed by atoms with E-state index in [0.717, 1.165) is 10.9 Å². The highest BCUT2D eigenvalue weighted by molar-refractivity contribution is 5.91. The van der Waals surface area contributed by atoms with E-state index in [2.05, 4.69) is 25.3 Å². The fourth-order valence-corrected chi connectivity index (χ4v) is 2.96. The zero-order chi connectivity index (χ0) is 19.6. The summed E-state index contributed by atoms with van der Waals surface area (Å²) in [6.45, 7) is 0.608. The number of nitrogen functional groups attached to an aromatic ring is 1. The maximum absolute atomic E-state index is 6.14. The van der Waals surface area contributed by atoms with Crippen LogP contribution in [0.25, 0.3) is 10.9 Å². The quantitative estimate of drug-likeness (QED) is 0.646. The van der Waals surface area contributed by atoms with Gasteiger partial charge in [0.1, 0.15) is 5.82 Å². The van der Waals surface area contributed by atoms with E-state index in [1.165, 1.54) is 0 Å². The summed E-state index contributed by atoms with van der Waals surface area (Å²) in [6, 6.07) is 3.69. The molecular formula is C18H25N7O2. The van der Waals surface area contributed by atoms with Crippen LogP contribution in [0.15, 0.2) is 24.5 Å². The van der Waals surface area contributed by atoms with Crippen LogP contribution in [0.2, 0.25) is 0 Å². The minimum Gasteiger partial charge on any atom is -0.493 e. The summed E-state index contributed by atoms with van der Waals surface area (Å²) in [4.78, 5) is 11.1. The van der Waals surface area contributed by atoms with Crippen molar-refractivity contribution in [2.45, 2.75) is 6.04 Å². The number of ether oxygens (including phenoxy) is 2. The molecule has 2 aromatic heterocycles. The lowest BCUT2D eigenvalue weighted by Gasteiger charge is -2.23. The van der Waals surface area contributed by atoms with Crippen molar-refractivity contribution in [2.24, 2.45) is 7.05 Å². The van der Waals surface area contributed by atoms with Crippen molar-refractivity contribution in [2.75, 3.05) is 45.9 Å². The Bertz CT molecular complexity index is 939. The molecule has 0 saturated carbocycles. The third-order valence-corrected chi connectivity index (χ3v) is 4.42. The molecule has 1 unspecified atom stereocenters. The first-order valence-corrected chi connectivity index (χ1v) is 8.51. The predicted molar refractivity (Wildman–Crippen MR) is 105 cm³/mol. The Balaban J connectivity index is 1.88. The Labute approximate surface area is 158 Å². The van der Waals surface area contributed by atoms with Crippen LogP contribution in [-0.2, 0) is 7.05 Å². The Hall–Kier alpha value is -3.07. The summed E-state index contributed by atoms with van der Waals surface area (Å²) in [5.74, 6) is 2.02. The number of methoxy groups -OCH3 is 2. The van der Waals surface area contributed by atoms with Gasteiger partial charge < -0.3 is 25.4 Å². The normalized spacial score (nSPS) is 12.4. The van der Waals surface area contributed by atoms with Crippen molar-refractivity contribution < 1.29 is 9.47 Å². The summed E-state index contributed by atoms with van der Waals surface area (Å²) in [5.41, 5.74) is 7.93. The molecule has 1 aromatic carbocycles. The summed E-state index contributed by atoms with van der Waals surface area (Å²) < 4.78 is 12.5. The van der Waals surface area contributed by atoms with Gasteiger partial charge in [0, 0.05) is 36.8 Å². The van der Waals surface area contributed by atoms with Crippen LogP contribution >= 0.6 is 0 Å². The minimum absolute atomic E-state index is 0.115. The van der Waals surface area contributed by atoms with Gasteiger partial charge in [0.25, 0.3) is 0 Å². The Kier molecular flexibility index (Phi) is 5.31. The van der Waals surface area contributed by atoms with Gasteiger partial charge in [-0.3, -0.25) is 4.68 Å². The van der Waals surface area contributed by atoms with Crippen LogP contribution in [0, 0.1) is 0 Å². The smallest absolute Gasteiger partial charge is 0.225 e. The molecule has 0 aliphatic heterocycles. The molecule has 0 spiro atoms. The van der Waals surface area contributed by atoms with Gasteiger partial charge in [-0.15, -0.1) is 0 Å². The number of likely N-dealkylation sites (N-methyl/N-ethyl adjacent to an activating group) is 1. The molecule has 9 nitrogen and oxygen atoms in total. The molecule has 0 saturated heterocycles. The molecule has 0 aliphatic rings. The van der Waals surface area contributed by atoms with Crippen molar-refractivity contribution in [1.82, 2.24) is 24.6 Å². The van der Waals surface area contributed by atoms with Crippen molar-refractivity contribution in [3.05, 3.63) is 30.1 Å². The van der Waals surface area contributed by atoms with Gasteiger partial charge in [0.15, 0.2) is 11.5 Å². The number of rotatable bonds is 7. The highest BCUT2D eigenvalue weighted by atomic mass is 16.5. The van der Waals surface area contributed by atoms with Gasteiger partial charge >= 0.3 is 0 Å². The monoisotopic (exact) mass is 371 g/mol. The van der Waals surface area contributed by atoms with E-state index >= 15 is 0 Å². The lowest BCUT2D eigenvalue weighted by Crippen LogP contribution is -2.27. The van der Waals surface area contributed by atoms with Crippen LogP contribution in [0.1, 0.15) is 11.6 Å². The summed E-state index contributed by atoms with van der Waals surface area (Å²) >= 11 is 0. The average molecular weight is 371 g/mol. The van der Waals surface area contributed by atoms with Crippen LogP contribution in [-0.4, -0.2) is 59.5 Å². The molecule has 27 heavy (non-hydrogen) atoms. The second-order valence-electron chi connectivity index (χ2n) is 6.46. The van der Waals surface area contributed by atoms with Gasteiger partial charge in [0.05, 0.1) is 32.0 Å². The maximum atomic E-state index is 6.14. The second-order valence-corrected chi connectivity index (χ2v) is 6.46. The topological polar surface area (TPSA) is 103 Å². The standard InChI is InChI=1S/C18H25N7O2/c1-24(2)14(11-8-21-25(3)10-11)9-20-18-22-13-7-16(27-5)15(26-4)6-12(13)17(19)23-18/h6-8,10,14H,9H2,1-5H3,(H3,19,20,22,23). The first-order chi connectivity index (χ1) is 12.9. The molecular weight excluding hydrogens is 346 g/mol. The zero-order valence-corrected chi connectivity index (χ0v) is 16.2. The van der Waals surface area contributed by atoms with E-state index < -0.39 is 0 Å². The molecule has 2 heterocycles. The van der Waals surface area contributed by atoms with E-state index in [1.807, 2.05) is 33.5 Å². The molecule has 0 fully saturated rings. The van der Waals surface area contributed by atoms with E-state index in [4.69, 9.17) is 15.2 Å². The molecule has 3 N–H and O–H groups in total. The fourth-order valence-electron chi connectivity index (χ4n) is 2.96. The molecule has 3 aromatic rings. The number of nitrogens with two attached hydrogens (primary N) is 1. The first-order valence-electron chi connectivity index (χ1n) is 8.51. The van der Waals surface area contributed by atoms with Crippen LogP contribution in [0.5, 0.6) is 11.5 Å². The number of nitrogens with zero attached hydrogens (tertiary/aromatic N) is 5. The molecule has 0 aliphatic carbocycles. The largest absolute Gasteiger partial charge is 0.493 e. The SMILES string of the molecule is COc1cc2nc(NCC(c3cnn(C)c3)N(C)C)nc(N)c2cc1OC. The first kappa shape index (κ1) is 18.7. The number of hydrogen-bond donors (Lipinski definition) is 2. The Morgan fingerprint density at radius 2 is 1.89 bits per heavy atom. The van der Waals surface area contributed by atoms with Crippen molar-refractivity contribution in [3.8, 4) is 11.5 Å². The number of anilines is 2. The number of hydrogen-bond acceptors (Lipinski definition) is 8. The van der Waals surface area contributed by atoms with Gasteiger partial charge in [-0.2, -0.15) is 10.1 Å². The second kappa shape index (κ2) is 7.67. The lowest BCUT2D eigenvalue weighted by molar-refractivity contribution is 0.311. The summed E-state index contributed by atoms with van der Waals surface area (Å²) in [7, 11) is 9.11. The minimum atomic E-state index is 0.115. The average Bonchev–Trinajstić information content (AvgIpc) is 3.06. The van der Waals surface area contributed by atoms with Gasteiger partial charge in [-0.25, -0.2) is 4.98 Å². The van der Waals surface area contributed by atoms with Crippen molar-refractivity contribution >= 4 is 22.7 Å². The van der Waals surface area contributed by atoms with Gasteiger partial charge in [-0.05, 0) is 20.2 Å². The highest BCUT2D eigenvalue weighted by Gasteiger charge is 2.17. The molecule has 0 amide bonds. The lowest BCUT2D eigenvalue weighted by atomic mass is 10.1. The molecule has 144 valence electrons. The molecule has 9 heteroatoms. The van der Waals surface area contributed by atoms with E-state index in [1.54, 1.807) is 31.0 Å². The number of aromatic nitrogens is 4. The molecule has 3 rings (SSSR count).